The van der Waals surface area contributed by atoms with Crippen LogP contribution in [-0.4, -0.2) is 42.1 Å². The molecule has 3 atom stereocenters. The van der Waals surface area contributed by atoms with Crippen molar-refractivity contribution in [3.05, 3.63) is 59.7 Å². The van der Waals surface area contributed by atoms with E-state index < -0.39 is 17.6 Å². The number of fused-ring (bicyclic) bond motifs is 4. The van der Waals surface area contributed by atoms with Crippen molar-refractivity contribution in [1.82, 2.24) is 4.90 Å². The number of anilines is 1. The van der Waals surface area contributed by atoms with Crippen LogP contribution in [0.2, 0.25) is 0 Å². The second-order valence-corrected chi connectivity index (χ2v) is 7.79. The third-order valence-electron chi connectivity index (χ3n) is 5.90. The van der Waals surface area contributed by atoms with Gasteiger partial charge >= 0.3 is 5.97 Å². The maximum absolute atomic E-state index is 13.2. The number of para-hydroxylation sites is 1. The summed E-state index contributed by atoms with van der Waals surface area (Å²) in [5, 5.41) is 2.83. The van der Waals surface area contributed by atoms with Crippen LogP contribution in [-0.2, 0) is 14.3 Å². The minimum Gasteiger partial charge on any atom is -0.468 e. The molecule has 2 aliphatic heterocycles. The molecule has 1 fully saturated rings. The van der Waals surface area contributed by atoms with Gasteiger partial charge in [-0.1, -0.05) is 18.2 Å². The molecule has 30 heavy (non-hydrogen) atoms. The summed E-state index contributed by atoms with van der Waals surface area (Å²) in [7, 11) is 1.67. The van der Waals surface area contributed by atoms with Crippen LogP contribution >= 0.6 is 0 Å². The Morgan fingerprint density at radius 3 is 2.60 bits per heavy atom. The van der Waals surface area contributed by atoms with Crippen LogP contribution in [0.4, 0.5) is 5.69 Å². The molecule has 0 radical (unpaired) electrons. The summed E-state index contributed by atoms with van der Waals surface area (Å²) in [6.07, 6.45) is 0.534. The van der Waals surface area contributed by atoms with E-state index in [1.165, 1.54) is 4.90 Å². The van der Waals surface area contributed by atoms with Crippen molar-refractivity contribution in [3.63, 3.8) is 0 Å². The van der Waals surface area contributed by atoms with E-state index in [9.17, 15) is 14.4 Å². The van der Waals surface area contributed by atoms with Crippen molar-refractivity contribution in [1.29, 1.82) is 0 Å². The summed E-state index contributed by atoms with van der Waals surface area (Å²) < 4.78 is 11.1. The van der Waals surface area contributed by atoms with Crippen LogP contribution in [0, 0.1) is 5.92 Å². The summed E-state index contributed by atoms with van der Waals surface area (Å²) in [6.45, 7) is 3.90. The molecule has 7 heteroatoms. The zero-order valence-corrected chi connectivity index (χ0v) is 17.2. The van der Waals surface area contributed by atoms with Gasteiger partial charge in [0, 0.05) is 25.1 Å². The lowest BCUT2D eigenvalue weighted by Gasteiger charge is -2.51. The van der Waals surface area contributed by atoms with E-state index in [4.69, 9.17) is 9.47 Å². The Hall–Kier alpha value is -3.35. The van der Waals surface area contributed by atoms with Gasteiger partial charge in [0.15, 0.2) is 5.72 Å². The molecule has 1 N–H and O–H groups in total. The van der Waals surface area contributed by atoms with Crippen LogP contribution in [0.15, 0.2) is 48.5 Å². The number of hydrogen-bond donors (Lipinski definition) is 1. The third-order valence-corrected chi connectivity index (χ3v) is 5.90. The van der Waals surface area contributed by atoms with Crippen molar-refractivity contribution in [2.45, 2.75) is 31.9 Å². The highest BCUT2D eigenvalue weighted by Gasteiger charge is 2.54. The Morgan fingerprint density at radius 2 is 1.90 bits per heavy atom. The molecule has 156 valence electrons. The third kappa shape index (κ3) is 3.30. The Bertz CT molecular complexity index is 1000. The fourth-order valence-corrected chi connectivity index (χ4v) is 4.21. The zero-order chi connectivity index (χ0) is 21.5. The molecular formula is C23H24N2O5. The molecule has 2 bridgehead atoms. The predicted octanol–water partition coefficient (Wildman–Crippen LogP) is 3.17. The minimum absolute atomic E-state index is 0.274. The van der Waals surface area contributed by atoms with Crippen LogP contribution in [0.25, 0.3) is 0 Å². The number of carbonyl (C=O) groups excluding carboxylic acids is 3. The van der Waals surface area contributed by atoms with E-state index in [2.05, 4.69) is 5.32 Å². The molecule has 7 nitrogen and oxygen atoms in total. The van der Waals surface area contributed by atoms with E-state index in [0.29, 0.717) is 30.0 Å². The number of esters is 1. The van der Waals surface area contributed by atoms with Gasteiger partial charge in [-0.15, -0.1) is 0 Å². The van der Waals surface area contributed by atoms with Crippen molar-refractivity contribution in [3.8, 4) is 5.75 Å². The normalized spacial score (nSPS) is 24.5. The lowest BCUT2D eigenvalue weighted by molar-refractivity contribution is -0.170. The number of hydrogen-bond acceptors (Lipinski definition) is 5. The maximum Gasteiger partial charge on any atom is 0.338 e. The number of ether oxygens (including phenoxy) is 2. The number of likely N-dealkylation sites (tertiary alicyclic amines) is 1. The summed E-state index contributed by atoms with van der Waals surface area (Å²) in [5.41, 5.74) is 0.998. The standard InChI is InChI=1S/C23H24N2O5/c1-4-29-22(28)14-9-11-15(12-10-14)24-20(26)19-17-13-23(2,25(3)21(19)27)30-18-8-6-5-7-16(17)18/h5-12,17,19H,4,13H2,1-3H3,(H,24,26)/t17-,19-,23+/m0/s1. The van der Waals surface area contributed by atoms with Gasteiger partial charge in [-0.3, -0.25) is 9.59 Å². The fourth-order valence-electron chi connectivity index (χ4n) is 4.21. The van der Waals surface area contributed by atoms with Gasteiger partial charge in [0.1, 0.15) is 11.7 Å². The first-order valence-electron chi connectivity index (χ1n) is 9.97. The molecule has 2 aromatic rings. The molecule has 0 saturated carbocycles. The van der Waals surface area contributed by atoms with Gasteiger partial charge in [0.25, 0.3) is 0 Å². The molecule has 0 aliphatic carbocycles. The number of carbonyl (C=O) groups is 3. The monoisotopic (exact) mass is 408 g/mol. The molecule has 0 aromatic heterocycles. The highest BCUT2D eigenvalue weighted by atomic mass is 16.5. The summed E-state index contributed by atoms with van der Waals surface area (Å²) in [5.74, 6) is -1.51. The van der Waals surface area contributed by atoms with E-state index in [1.807, 2.05) is 31.2 Å². The van der Waals surface area contributed by atoms with Crippen LogP contribution in [0.5, 0.6) is 5.75 Å². The van der Waals surface area contributed by atoms with E-state index in [0.717, 1.165) is 5.56 Å². The Morgan fingerprint density at radius 1 is 1.20 bits per heavy atom. The number of rotatable bonds is 4. The van der Waals surface area contributed by atoms with Crippen molar-refractivity contribution in [2.75, 3.05) is 19.0 Å². The first-order chi connectivity index (χ1) is 14.3. The second-order valence-electron chi connectivity index (χ2n) is 7.79. The van der Waals surface area contributed by atoms with Gasteiger partial charge < -0.3 is 19.7 Å². The number of piperidine rings is 1. The second kappa shape index (κ2) is 7.48. The minimum atomic E-state index is -0.863. The largest absolute Gasteiger partial charge is 0.468 e. The van der Waals surface area contributed by atoms with Gasteiger partial charge in [-0.05, 0) is 49.7 Å². The van der Waals surface area contributed by atoms with Gasteiger partial charge in [-0.25, -0.2) is 4.79 Å². The molecule has 2 aliphatic rings. The Kier molecular flexibility index (Phi) is 4.97. The van der Waals surface area contributed by atoms with Gasteiger partial charge in [-0.2, -0.15) is 0 Å². The van der Waals surface area contributed by atoms with E-state index in [1.54, 1.807) is 38.2 Å². The predicted molar refractivity (Wildman–Crippen MR) is 110 cm³/mol. The fraction of sp³-hybridized carbons (Fsp3) is 0.348. The summed E-state index contributed by atoms with van der Waals surface area (Å²) in [6, 6.07) is 14.0. The number of nitrogens with zero attached hydrogens (tertiary/aromatic N) is 1. The van der Waals surface area contributed by atoms with E-state index >= 15 is 0 Å². The topological polar surface area (TPSA) is 84.9 Å². The quantitative estimate of drug-likeness (QED) is 0.620. The molecule has 0 unspecified atom stereocenters. The first kappa shape index (κ1) is 19.9. The molecule has 2 heterocycles. The number of benzene rings is 2. The zero-order valence-electron chi connectivity index (χ0n) is 17.2. The van der Waals surface area contributed by atoms with Crippen LogP contribution in [0.1, 0.15) is 42.1 Å². The molecule has 1 saturated heterocycles. The molecule has 2 amide bonds. The first-order valence-corrected chi connectivity index (χ1v) is 9.97. The van der Waals surface area contributed by atoms with Crippen LogP contribution in [0.3, 0.4) is 0 Å². The number of amides is 2. The summed E-state index contributed by atoms with van der Waals surface area (Å²) in [4.78, 5) is 39.6. The highest BCUT2D eigenvalue weighted by molar-refractivity contribution is 6.08. The lowest BCUT2D eigenvalue weighted by atomic mass is 9.73. The SMILES string of the molecule is CCOC(=O)c1ccc(NC(=O)[C@H]2C(=O)N(C)[C@@]3(C)C[C@H]2c2ccccc2O3)cc1. The maximum atomic E-state index is 13.2. The number of nitrogens with one attached hydrogen (secondary N) is 1. The highest BCUT2D eigenvalue weighted by Crippen LogP contribution is 2.49. The van der Waals surface area contributed by atoms with Crippen molar-refractivity contribution in [2.24, 2.45) is 5.92 Å². The lowest BCUT2D eigenvalue weighted by Crippen LogP contribution is -2.62. The molecule has 0 spiro atoms. The molecule has 2 aromatic carbocycles. The molecular weight excluding hydrogens is 384 g/mol. The Balaban J connectivity index is 1.59. The summed E-state index contributed by atoms with van der Waals surface area (Å²) >= 11 is 0. The van der Waals surface area contributed by atoms with Crippen molar-refractivity contribution < 1.29 is 23.9 Å². The molecule has 4 rings (SSSR count). The van der Waals surface area contributed by atoms with Gasteiger partial charge in [0.2, 0.25) is 11.8 Å². The van der Waals surface area contributed by atoms with E-state index in [-0.39, 0.29) is 17.7 Å². The average molecular weight is 408 g/mol. The van der Waals surface area contributed by atoms with Crippen molar-refractivity contribution >= 4 is 23.5 Å². The Labute approximate surface area is 175 Å². The van der Waals surface area contributed by atoms with Gasteiger partial charge in [0.05, 0.1) is 12.2 Å². The smallest absolute Gasteiger partial charge is 0.338 e. The average Bonchev–Trinajstić information content (AvgIpc) is 2.73. The van der Waals surface area contributed by atoms with Crippen LogP contribution < -0.4 is 10.1 Å².